The fourth-order valence-electron chi connectivity index (χ4n) is 2.33. The number of phenolic OH excluding ortho intramolecular Hbond substituents is 1. The van der Waals surface area contributed by atoms with E-state index in [4.69, 9.17) is 0 Å². The second-order valence-corrected chi connectivity index (χ2v) is 4.78. The summed E-state index contributed by atoms with van der Waals surface area (Å²) in [5.41, 5.74) is 0.252. The first kappa shape index (κ1) is 13.7. The molecule has 110 valence electrons. The summed E-state index contributed by atoms with van der Waals surface area (Å²) in [6.07, 6.45) is 0. The van der Waals surface area contributed by atoms with Crippen LogP contribution in [-0.4, -0.2) is 19.6 Å². The van der Waals surface area contributed by atoms with Crippen LogP contribution in [0.15, 0.2) is 47.3 Å². The minimum absolute atomic E-state index is 0.0166. The predicted octanol–water partition coefficient (Wildman–Crippen LogP) is 2.31. The fourth-order valence-corrected chi connectivity index (χ4v) is 2.33. The maximum absolute atomic E-state index is 12.7. The zero-order valence-corrected chi connectivity index (χ0v) is 11.6. The molecule has 0 saturated carbocycles. The summed E-state index contributed by atoms with van der Waals surface area (Å²) in [6.45, 7) is 1.66. The van der Waals surface area contributed by atoms with Crippen molar-refractivity contribution < 1.29 is 10.0 Å². The Balaban J connectivity index is 2.36. The number of non-ortho nitro benzene ring substituents is 1. The molecule has 0 radical (unpaired) electrons. The molecule has 0 aliphatic carbocycles. The highest BCUT2D eigenvalue weighted by Gasteiger charge is 2.14. The molecule has 7 nitrogen and oxygen atoms in total. The summed E-state index contributed by atoms with van der Waals surface area (Å²) in [6, 6.07) is 10.2. The summed E-state index contributed by atoms with van der Waals surface area (Å²) in [7, 11) is 0. The van der Waals surface area contributed by atoms with Crippen molar-refractivity contribution in [3.8, 4) is 11.4 Å². The molecule has 0 amide bonds. The topological polar surface area (TPSA) is 98.3 Å². The first-order valence-corrected chi connectivity index (χ1v) is 6.44. The average Bonchev–Trinajstić information content (AvgIpc) is 2.47. The molecule has 0 atom stereocenters. The van der Waals surface area contributed by atoms with Gasteiger partial charge in [-0.05, 0) is 25.1 Å². The average molecular weight is 297 g/mol. The molecule has 1 aromatic heterocycles. The third-order valence-electron chi connectivity index (χ3n) is 3.32. The Morgan fingerprint density at radius 1 is 1.23 bits per heavy atom. The van der Waals surface area contributed by atoms with E-state index in [-0.39, 0.29) is 16.8 Å². The van der Waals surface area contributed by atoms with E-state index in [1.165, 1.54) is 34.9 Å². The van der Waals surface area contributed by atoms with Crippen molar-refractivity contribution in [1.29, 1.82) is 0 Å². The van der Waals surface area contributed by atoms with E-state index in [0.717, 1.165) is 0 Å². The number of hydrogen-bond acceptors (Lipinski definition) is 5. The van der Waals surface area contributed by atoms with Gasteiger partial charge in [-0.3, -0.25) is 19.5 Å². The zero-order chi connectivity index (χ0) is 15.9. The molecule has 2 aromatic carbocycles. The van der Waals surface area contributed by atoms with Crippen LogP contribution in [0, 0.1) is 17.0 Å². The number of nitro benzene ring substituents is 1. The van der Waals surface area contributed by atoms with Gasteiger partial charge in [-0.2, -0.15) is 0 Å². The highest BCUT2D eigenvalue weighted by molar-refractivity contribution is 5.80. The van der Waals surface area contributed by atoms with E-state index >= 15 is 0 Å². The Morgan fingerprint density at radius 2 is 2.00 bits per heavy atom. The van der Waals surface area contributed by atoms with Crippen LogP contribution < -0.4 is 5.56 Å². The lowest BCUT2D eigenvalue weighted by Gasteiger charge is -2.11. The molecule has 7 heteroatoms. The van der Waals surface area contributed by atoms with Crippen molar-refractivity contribution in [3.05, 3.63) is 68.8 Å². The molecule has 3 rings (SSSR count). The Morgan fingerprint density at radius 3 is 2.68 bits per heavy atom. The molecule has 0 saturated heterocycles. The van der Waals surface area contributed by atoms with Crippen LogP contribution in [0.2, 0.25) is 0 Å². The van der Waals surface area contributed by atoms with Gasteiger partial charge in [0.1, 0.15) is 11.6 Å². The number of phenols is 1. The van der Waals surface area contributed by atoms with Crippen molar-refractivity contribution in [3.63, 3.8) is 0 Å². The third-order valence-corrected chi connectivity index (χ3v) is 3.32. The van der Waals surface area contributed by atoms with E-state index in [1.807, 2.05) is 0 Å². The van der Waals surface area contributed by atoms with Gasteiger partial charge in [-0.25, -0.2) is 4.98 Å². The molecular weight excluding hydrogens is 286 g/mol. The van der Waals surface area contributed by atoms with Crippen molar-refractivity contribution in [2.75, 3.05) is 0 Å². The number of aromatic nitrogens is 2. The monoisotopic (exact) mass is 297 g/mol. The number of aryl methyl sites for hydroxylation is 1. The lowest BCUT2D eigenvalue weighted by molar-refractivity contribution is -0.384. The van der Waals surface area contributed by atoms with Gasteiger partial charge in [0, 0.05) is 18.2 Å². The van der Waals surface area contributed by atoms with E-state index in [2.05, 4.69) is 4.98 Å². The van der Waals surface area contributed by atoms with Gasteiger partial charge in [-0.15, -0.1) is 0 Å². The Bertz CT molecular complexity index is 963. The van der Waals surface area contributed by atoms with Crippen LogP contribution in [0.3, 0.4) is 0 Å². The third kappa shape index (κ3) is 2.18. The van der Waals surface area contributed by atoms with Gasteiger partial charge in [0.05, 0.1) is 21.5 Å². The van der Waals surface area contributed by atoms with Gasteiger partial charge in [-0.1, -0.05) is 6.07 Å². The molecule has 0 aliphatic heterocycles. The molecule has 0 aliphatic rings. The van der Waals surface area contributed by atoms with E-state index in [0.29, 0.717) is 17.0 Å². The predicted molar refractivity (Wildman–Crippen MR) is 80.4 cm³/mol. The lowest BCUT2D eigenvalue weighted by Crippen LogP contribution is -2.22. The summed E-state index contributed by atoms with van der Waals surface area (Å²) < 4.78 is 1.31. The highest BCUT2D eigenvalue weighted by Crippen LogP contribution is 2.20. The Kier molecular flexibility index (Phi) is 3.10. The Hall–Kier alpha value is -3.22. The molecule has 22 heavy (non-hydrogen) atoms. The second kappa shape index (κ2) is 4.96. The number of benzene rings is 2. The summed E-state index contributed by atoms with van der Waals surface area (Å²) in [5.74, 6) is 0.444. The standard InChI is InChI=1S/C15H11N3O4/c1-9-16-14-6-5-11(18(21)22)8-13(14)15(20)17(9)10-3-2-4-12(19)7-10/h2-8,19H,1H3. The van der Waals surface area contributed by atoms with E-state index in [1.54, 1.807) is 19.1 Å². The number of nitrogens with zero attached hydrogens (tertiary/aromatic N) is 3. The van der Waals surface area contributed by atoms with Crippen LogP contribution in [0.5, 0.6) is 5.75 Å². The first-order chi connectivity index (χ1) is 10.5. The maximum atomic E-state index is 12.7. The number of rotatable bonds is 2. The molecule has 0 unspecified atom stereocenters. The van der Waals surface area contributed by atoms with Crippen molar-refractivity contribution in [1.82, 2.24) is 9.55 Å². The van der Waals surface area contributed by atoms with E-state index in [9.17, 15) is 20.0 Å². The first-order valence-electron chi connectivity index (χ1n) is 6.44. The largest absolute Gasteiger partial charge is 0.508 e. The van der Waals surface area contributed by atoms with Crippen LogP contribution in [0.4, 0.5) is 5.69 Å². The van der Waals surface area contributed by atoms with Gasteiger partial charge in [0.25, 0.3) is 11.2 Å². The highest BCUT2D eigenvalue weighted by atomic mass is 16.6. The molecule has 3 aromatic rings. The number of hydrogen-bond donors (Lipinski definition) is 1. The van der Waals surface area contributed by atoms with Gasteiger partial charge in [0.15, 0.2) is 0 Å². The van der Waals surface area contributed by atoms with Gasteiger partial charge in [0.2, 0.25) is 0 Å². The number of fused-ring (bicyclic) bond motifs is 1. The lowest BCUT2D eigenvalue weighted by atomic mass is 10.2. The van der Waals surface area contributed by atoms with Crippen LogP contribution >= 0.6 is 0 Å². The summed E-state index contributed by atoms with van der Waals surface area (Å²) >= 11 is 0. The number of nitro groups is 1. The molecule has 0 spiro atoms. The molecule has 1 N–H and O–H groups in total. The molecular formula is C15H11N3O4. The van der Waals surface area contributed by atoms with Crippen molar-refractivity contribution in [2.24, 2.45) is 0 Å². The van der Waals surface area contributed by atoms with Gasteiger partial charge >= 0.3 is 0 Å². The van der Waals surface area contributed by atoms with Crippen molar-refractivity contribution >= 4 is 16.6 Å². The second-order valence-electron chi connectivity index (χ2n) is 4.78. The van der Waals surface area contributed by atoms with Crippen molar-refractivity contribution in [2.45, 2.75) is 6.92 Å². The summed E-state index contributed by atoms with van der Waals surface area (Å²) in [5, 5.41) is 20.6. The minimum atomic E-state index is -0.558. The molecule has 0 bridgehead atoms. The fraction of sp³-hybridized carbons (Fsp3) is 0.0667. The van der Waals surface area contributed by atoms with E-state index < -0.39 is 10.5 Å². The maximum Gasteiger partial charge on any atom is 0.270 e. The molecule has 0 fully saturated rings. The normalized spacial score (nSPS) is 10.8. The van der Waals surface area contributed by atoms with Crippen LogP contribution in [-0.2, 0) is 0 Å². The smallest absolute Gasteiger partial charge is 0.270 e. The SMILES string of the molecule is Cc1nc2ccc([N+](=O)[O-])cc2c(=O)n1-c1cccc(O)c1. The number of aromatic hydroxyl groups is 1. The molecule has 1 heterocycles. The van der Waals surface area contributed by atoms with Crippen LogP contribution in [0.25, 0.3) is 16.6 Å². The minimum Gasteiger partial charge on any atom is -0.508 e. The Labute approximate surface area is 124 Å². The van der Waals surface area contributed by atoms with Crippen LogP contribution in [0.1, 0.15) is 5.82 Å². The quantitative estimate of drug-likeness (QED) is 0.578. The summed E-state index contributed by atoms with van der Waals surface area (Å²) in [4.78, 5) is 27.3. The zero-order valence-electron chi connectivity index (χ0n) is 11.6. The van der Waals surface area contributed by atoms with Gasteiger partial charge < -0.3 is 5.11 Å².